The van der Waals surface area contributed by atoms with E-state index in [0.29, 0.717) is 5.92 Å². The summed E-state index contributed by atoms with van der Waals surface area (Å²) >= 11 is 0. The molecule has 0 spiro atoms. The zero-order chi connectivity index (χ0) is 13.2. The first-order valence-electron chi connectivity index (χ1n) is 6.78. The number of hydrogen-bond donors (Lipinski definition) is 1. The number of benzene rings is 1. The first kappa shape index (κ1) is 13.3. The highest BCUT2D eigenvalue weighted by Gasteiger charge is 2.36. The Morgan fingerprint density at radius 3 is 2.50 bits per heavy atom. The highest BCUT2D eigenvalue weighted by atomic mass is 19.1. The Morgan fingerprint density at radius 2 is 2.00 bits per heavy atom. The van der Waals surface area contributed by atoms with E-state index in [-0.39, 0.29) is 11.2 Å². The van der Waals surface area contributed by atoms with Crippen LogP contribution in [0.1, 0.15) is 26.7 Å². The van der Waals surface area contributed by atoms with Gasteiger partial charge in [-0.25, -0.2) is 4.39 Å². The molecule has 0 atom stereocenters. The fourth-order valence-corrected chi connectivity index (χ4v) is 2.90. The third kappa shape index (κ3) is 2.51. The van der Waals surface area contributed by atoms with Crippen molar-refractivity contribution in [1.82, 2.24) is 0 Å². The number of rotatable bonds is 3. The highest BCUT2D eigenvalue weighted by Crippen LogP contribution is 2.38. The molecule has 1 aliphatic heterocycles. The predicted molar refractivity (Wildman–Crippen MR) is 74.2 cm³/mol. The molecule has 0 aromatic heterocycles. The lowest BCUT2D eigenvalue weighted by Gasteiger charge is -2.44. The van der Waals surface area contributed by atoms with Crippen molar-refractivity contribution in [2.75, 3.05) is 24.5 Å². The summed E-state index contributed by atoms with van der Waals surface area (Å²) in [4.78, 5) is 2.26. The molecular weight excluding hydrogens is 227 g/mol. The van der Waals surface area contributed by atoms with E-state index < -0.39 is 0 Å². The van der Waals surface area contributed by atoms with Crippen molar-refractivity contribution in [1.29, 1.82) is 0 Å². The van der Waals surface area contributed by atoms with Crippen molar-refractivity contribution < 1.29 is 4.39 Å². The largest absolute Gasteiger partial charge is 0.371 e. The Morgan fingerprint density at radius 1 is 1.33 bits per heavy atom. The summed E-state index contributed by atoms with van der Waals surface area (Å²) < 4.78 is 13.2. The lowest BCUT2D eigenvalue weighted by atomic mass is 9.70. The highest BCUT2D eigenvalue weighted by molar-refractivity contribution is 5.46. The number of halogens is 1. The second-order valence-corrected chi connectivity index (χ2v) is 5.69. The molecular formula is C15H23FN2. The summed E-state index contributed by atoms with van der Waals surface area (Å²) in [5.74, 6) is 0.448. The van der Waals surface area contributed by atoms with Crippen LogP contribution in [0.3, 0.4) is 0 Å². The maximum Gasteiger partial charge on any atom is 0.125 e. The zero-order valence-corrected chi connectivity index (χ0v) is 11.3. The van der Waals surface area contributed by atoms with Crippen LogP contribution in [0.25, 0.3) is 0 Å². The van der Waals surface area contributed by atoms with Gasteiger partial charge in [-0.3, -0.25) is 0 Å². The van der Waals surface area contributed by atoms with Crippen LogP contribution in [0.15, 0.2) is 24.3 Å². The topological polar surface area (TPSA) is 29.3 Å². The minimum Gasteiger partial charge on any atom is -0.371 e. The molecule has 1 heterocycles. The second kappa shape index (κ2) is 5.27. The quantitative estimate of drug-likeness (QED) is 0.893. The van der Waals surface area contributed by atoms with Crippen LogP contribution in [0.4, 0.5) is 10.1 Å². The molecule has 2 rings (SSSR count). The lowest BCUT2D eigenvalue weighted by Crippen LogP contribution is -2.46. The summed E-state index contributed by atoms with van der Waals surface area (Å²) in [6, 6.07) is 6.86. The van der Waals surface area contributed by atoms with Gasteiger partial charge >= 0.3 is 0 Å². The summed E-state index contributed by atoms with van der Waals surface area (Å²) in [5.41, 5.74) is 7.23. The summed E-state index contributed by atoms with van der Waals surface area (Å²) in [5, 5.41) is 0. The molecule has 100 valence electrons. The van der Waals surface area contributed by atoms with Crippen LogP contribution in [0, 0.1) is 17.2 Å². The van der Waals surface area contributed by atoms with Gasteiger partial charge in [0.05, 0.1) is 0 Å². The summed E-state index contributed by atoms with van der Waals surface area (Å²) in [6.45, 7) is 7.20. The maximum atomic E-state index is 13.2. The molecule has 1 saturated heterocycles. The fourth-order valence-electron chi connectivity index (χ4n) is 2.90. The first-order valence-corrected chi connectivity index (χ1v) is 6.78. The molecule has 0 bridgehead atoms. The van der Waals surface area contributed by atoms with Gasteiger partial charge in [0.25, 0.3) is 0 Å². The molecule has 2 nitrogen and oxygen atoms in total. The smallest absolute Gasteiger partial charge is 0.125 e. The molecule has 2 N–H and O–H groups in total. The van der Waals surface area contributed by atoms with Gasteiger partial charge in [-0.15, -0.1) is 0 Å². The van der Waals surface area contributed by atoms with Crippen molar-refractivity contribution in [3.05, 3.63) is 30.1 Å². The normalized spacial score (nSPS) is 19.3. The third-order valence-corrected chi connectivity index (χ3v) is 4.56. The Balaban J connectivity index is 2.06. The maximum absolute atomic E-state index is 13.2. The van der Waals surface area contributed by atoms with Crippen molar-refractivity contribution in [2.45, 2.75) is 26.7 Å². The van der Waals surface area contributed by atoms with Crippen molar-refractivity contribution >= 4 is 5.69 Å². The van der Waals surface area contributed by atoms with Crippen LogP contribution in [0.5, 0.6) is 0 Å². The standard InChI is InChI=1S/C15H23FN2/c1-12(2)15(11-17)6-8-18(9-7-15)14-5-3-4-13(16)10-14/h3-5,10,12H,6-9,11,17H2,1-2H3. The number of piperidine rings is 1. The molecule has 0 saturated carbocycles. The lowest BCUT2D eigenvalue weighted by molar-refractivity contribution is 0.150. The van der Waals surface area contributed by atoms with E-state index in [2.05, 4.69) is 18.7 Å². The van der Waals surface area contributed by atoms with E-state index in [9.17, 15) is 4.39 Å². The number of nitrogens with zero attached hydrogens (tertiary/aromatic N) is 1. The average molecular weight is 250 g/mol. The molecule has 1 aromatic rings. The van der Waals surface area contributed by atoms with Crippen LogP contribution < -0.4 is 10.6 Å². The minimum absolute atomic E-state index is 0.160. The Kier molecular flexibility index (Phi) is 3.91. The van der Waals surface area contributed by atoms with Crippen molar-refractivity contribution in [3.8, 4) is 0 Å². The number of nitrogens with two attached hydrogens (primary N) is 1. The van der Waals surface area contributed by atoms with E-state index in [4.69, 9.17) is 5.73 Å². The van der Waals surface area contributed by atoms with E-state index in [1.165, 1.54) is 6.07 Å². The molecule has 0 amide bonds. The van der Waals surface area contributed by atoms with E-state index >= 15 is 0 Å². The summed E-state index contributed by atoms with van der Waals surface area (Å²) in [6.07, 6.45) is 2.19. The molecule has 3 heteroatoms. The Bertz CT molecular complexity index is 395. The predicted octanol–water partition coefficient (Wildman–Crippen LogP) is 3.03. The number of anilines is 1. The Labute approximate surface area is 109 Å². The van der Waals surface area contributed by atoms with Crippen LogP contribution >= 0.6 is 0 Å². The van der Waals surface area contributed by atoms with Gasteiger partial charge in [-0.05, 0) is 48.9 Å². The monoisotopic (exact) mass is 250 g/mol. The van der Waals surface area contributed by atoms with Gasteiger partial charge in [0.2, 0.25) is 0 Å². The van der Waals surface area contributed by atoms with Crippen LogP contribution in [-0.4, -0.2) is 19.6 Å². The van der Waals surface area contributed by atoms with Gasteiger partial charge in [-0.2, -0.15) is 0 Å². The molecule has 18 heavy (non-hydrogen) atoms. The molecule has 0 unspecified atom stereocenters. The van der Waals surface area contributed by atoms with E-state index in [0.717, 1.165) is 38.2 Å². The second-order valence-electron chi connectivity index (χ2n) is 5.69. The number of hydrogen-bond acceptors (Lipinski definition) is 2. The SMILES string of the molecule is CC(C)C1(CN)CCN(c2cccc(F)c2)CC1. The molecule has 0 aliphatic carbocycles. The molecule has 1 aromatic carbocycles. The van der Waals surface area contributed by atoms with E-state index in [1.54, 1.807) is 12.1 Å². The first-order chi connectivity index (χ1) is 8.57. The summed E-state index contributed by atoms with van der Waals surface area (Å²) in [7, 11) is 0. The average Bonchev–Trinajstić information content (AvgIpc) is 2.38. The van der Waals surface area contributed by atoms with Gasteiger partial charge in [-0.1, -0.05) is 19.9 Å². The molecule has 0 radical (unpaired) electrons. The molecule has 1 fully saturated rings. The van der Waals surface area contributed by atoms with E-state index in [1.807, 2.05) is 6.07 Å². The van der Waals surface area contributed by atoms with Crippen LogP contribution in [0.2, 0.25) is 0 Å². The third-order valence-electron chi connectivity index (χ3n) is 4.56. The van der Waals surface area contributed by atoms with Crippen molar-refractivity contribution in [2.24, 2.45) is 17.1 Å². The van der Waals surface area contributed by atoms with Gasteiger partial charge < -0.3 is 10.6 Å². The fraction of sp³-hybridized carbons (Fsp3) is 0.600. The zero-order valence-electron chi connectivity index (χ0n) is 11.3. The van der Waals surface area contributed by atoms with Gasteiger partial charge in [0.15, 0.2) is 0 Å². The van der Waals surface area contributed by atoms with Gasteiger partial charge in [0.1, 0.15) is 5.82 Å². The van der Waals surface area contributed by atoms with Crippen molar-refractivity contribution in [3.63, 3.8) is 0 Å². The van der Waals surface area contributed by atoms with Crippen LogP contribution in [-0.2, 0) is 0 Å². The molecule has 1 aliphatic rings. The minimum atomic E-state index is -0.160. The van der Waals surface area contributed by atoms with Gasteiger partial charge in [0, 0.05) is 18.8 Å². The Hall–Kier alpha value is -1.09.